The van der Waals surface area contributed by atoms with Gasteiger partial charge in [-0.3, -0.25) is 4.79 Å². The molecule has 2 bridgehead atoms. The highest BCUT2D eigenvalue weighted by atomic mass is 16.2. The van der Waals surface area contributed by atoms with E-state index in [9.17, 15) is 4.79 Å². The number of benzene rings is 1. The van der Waals surface area contributed by atoms with Gasteiger partial charge in [-0.25, -0.2) is 0 Å². The molecule has 4 rings (SSSR count). The lowest BCUT2D eigenvalue weighted by Gasteiger charge is -2.33. The first-order chi connectivity index (χ1) is 11.8. The monoisotopic (exact) mass is 324 g/mol. The molecule has 3 nitrogen and oxygen atoms in total. The Morgan fingerprint density at radius 2 is 1.88 bits per heavy atom. The van der Waals surface area contributed by atoms with Crippen molar-refractivity contribution in [3.63, 3.8) is 0 Å². The number of likely N-dealkylation sites (tertiary alicyclic amines) is 1. The summed E-state index contributed by atoms with van der Waals surface area (Å²) in [4.78, 5) is 15.1. The molecule has 1 aliphatic heterocycles. The molecule has 1 N–H and O–H groups in total. The molecule has 128 valence electrons. The van der Waals surface area contributed by atoms with Gasteiger partial charge in [0.15, 0.2) is 0 Å². The Balaban J connectivity index is 1.19. The molecule has 0 aromatic heterocycles. The van der Waals surface area contributed by atoms with Gasteiger partial charge in [0.1, 0.15) is 0 Å². The summed E-state index contributed by atoms with van der Waals surface area (Å²) < 4.78 is 0. The third-order valence-electron chi connectivity index (χ3n) is 6.11. The van der Waals surface area contributed by atoms with Crippen LogP contribution < -0.4 is 5.32 Å². The van der Waals surface area contributed by atoms with E-state index in [-0.39, 0.29) is 5.92 Å². The van der Waals surface area contributed by atoms with Crippen LogP contribution in [0, 0.1) is 17.8 Å². The predicted molar refractivity (Wildman–Crippen MR) is 96.6 cm³/mol. The van der Waals surface area contributed by atoms with Crippen molar-refractivity contribution in [3.8, 4) is 0 Å². The first-order valence-electron chi connectivity index (χ1n) is 9.53. The summed E-state index contributed by atoms with van der Waals surface area (Å²) in [5.74, 6) is 1.75. The van der Waals surface area contributed by atoms with Gasteiger partial charge >= 0.3 is 0 Å². The third kappa shape index (κ3) is 3.56. The van der Waals surface area contributed by atoms with Crippen molar-refractivity contribution < 1.29 is 4.79 Å². The average molecular weight is 324 g/mol. The normalized spacial score (nSPS) is 29.9. The fourth-order valence-electron chi connectivity index (χ4n) is 4.62. The van der Waals surface area contributed by atoms with E-state index in [1.54, 1.807) is 0 Å². The molecular formula is C21H28N2O. The molecule has 1 aromatic carbocycles. The van der Waals surface area contributed by atoms with E-state index in [0.717, 1.165) is 45.3 Å². The smallest absolute Gasteiger partial charge is 0.223 e. The number of carbonyl (C=O) groups is 1. The van der Waals surface area contributed by atoms with Crippen molar-refractivity contribution in [2.24, 2.45) is 17.8 Å². The predicted octanol–water partition coefficient (Wildman–Crippen LogP) is 3.02. The molecule has 24 heavy (non-hydrogen) atoms. The highest BCUT2D eigenvalue weighted by Gasteiger charge is 2.40. The molecule has 1 aromatic rings. The zero-order valence-electron chi connectivity index (χ0n) is 14.4. The van der Waals surface area contributed by atoms with Gasteiger partial charge in [0.25, 0.3) is 0 Å². The number of carbonyl (C=O) groups excluding carboxylic acids is 1. The Morgan fingerprint density at radius 1 is 1.08 bits per heavy atom. The van der Waals surface area contributed by atoms with Crippen molar-refractivity contribution in [1.82, 2.24) is 10.2 Å². The van der Waals surface area contributed by atoms with Gasteiger partial charge in [-0.1, -0.05) is 42.5 Å². The second-order valence-electron chi connectivity index (χ2n) is 7.75. The van der Waals surface area contributed by atoms with Crippen molar-refractivity contribution in [2.75, 3.05) is 19.6 Å². The molecule has 1 saturated heterocycles. The Bertz CT molecular complexity index is 589. The Morgan fingerprint density at radius 3 is 2.54 bits per heavy atom. The molecular weight excluding hydrogens is 296 g/mol. The van der Waals surface area contributed by atoms with Crippen LogP contribution in [0.1, 0.15) is 31.2 Å². The second-order valence-corrected chi connectivity index (χ2v) is 7.75. The molecule has 1 saturated carbocycles. The summed E-state index contributed by atoms with van der Waals surface area (Å²) in [5.41, 5.74) is 1.41. The van der Waals surface area contributed by atoms with E-state index < -0.39 is 0 Å². The molecule has 2 aliphatic carbocycles. The number of hydrogen-bond donors (Lipinski definition) is 1. The van der Waals surface area contributed by atoms with E-state index in [2.05, 4.69) is 52.7 Å². The minimum Gasteiger partial charge on any atom is -0.353 e. The van der Waals surface area contributed by atoms with E-state index in [4.69, 9.17) is 0 Å². The van der Waals surface area contributed by atoms with Gasteiger partial charge in [0.2, 0.25) is 5.91 Å². The van der Waals surface area contributed by atoms with Gasteiger partial charge in [0.05, 0.1) is 0 Å². The molecule has 2 fully saturated rings. The molecule has 3 unspecified atom stereocenters. The fourth-order valence-corrected chi connectivity index (χ4v) is 4.62. The quantitative estimate of drug-likeness (QED) is 0.845. The van der Waals surface area contributed by atoms with E-state index in [1.165, 1.54) is 12.0 Å². The number of hydrogen-bond acceptors (Lipinski definition) is 2. The lowest BCUT2D eigenvalue weighted by atomic mass is 9.92. The molecule has 0 radical (unpaired) electrons. The van der Waals surface area contributed by atoms with Crippen molar-refractivity contribution in [3.05, 3.63) is 48.0 Å². The van der Waals surface area contributed by atoms with Crippen LogP contribution in [0.4, 0.5) is 0 Å². The molecule has 0 spiro atoms. The highest BCUT2D eigenvalue weighted by Crippen LogP contribution is 2.43. The van der Waals surface area contributed by atoms with E-state index in [0.29, 0.717) is 23.8 Å². The second kappa shape index (κ2) is 7.10. The van der Waals surface area contributed by atoms with Gasteiger partial charge in [-0.15, -0.1) is 0 Å². The summed E-state index contributed by atoms with van der Waals surface area (Å²) in [6.07, 6.45) is 10.2. The summed E-state index contributed by atoms with van der Waals surface area (Å²) in [6, 6.07) is 11.1. The summed E-state index contributed by atoms with van der Waals surface area (Å²) in [7, 11) is 0. The zero-order chi connectivity index (χ0) is 16.4. The minimum atomic E-state index is 0.246. The van der Waals surface area contributed by atoms with Gasteiger partial charge < -0.3 is 10.2 Å². The summed E-state index contributed by atoms with van der Waals surface area (Å²) in [6.45, 7) is 3.34. The van der Waals surface area contributed by atoms with Crippen LogP contribution in [0.15, 0.2) is 42.5 Å². The number of allylic oxidation sites excluding steroid dienone is 2. The Hall–Kier alpha value is -1.61. The summed E-state index contributed by atoms with van der Waals surface area (Å²) in [5, 5.41) is 3.34. The van der Waals surface area contributed by atoms with Crippen LogP contribution in [-0.4, -0.2) is 36.5 Å². The first-order valence-corrected chi connectivity index (χ1v) is 9.53. The third-order valence-corrected chi connectivity index (χ3v) is 6.11. The van der Waals surface area contributed by atoms with Crippen molar-refractivity contribution in [1.29, 1.82) is 0 Å². The summed E-state index contributed by atoms with van der Waals surface area (Å²) >= 11 is 0. The molecule has 3 aliphatic rings. The van der Waals surface area contributed by atoms with E-state index >= 15 is 0 Å². The van der Waals surface area contributed by atoms with E-state index in [1.807, 2.05) is 0 Å². The van der Waals surface area contributed by atoms with Crippen LogP contribution in [0.5, 0.6) is 0 Å². The largest absolute Gasteiger partial charge is 0.353 e. The molecule has 1 heterocycles. The van der Waals surface area contributed by atoms with Crippen LogP contribution in [0.25, 0.3) is 0 Å². The van der Waals surface area contributed by atoms with Gasteiger partial charge in [0, 0.05) is 31.6 Å². The van der Waals surface area contributed by atoms with Gasteiger partial charge in [-0.2, -0.15) is 0 Å². The lowest BCUT2D eigenvalue weighted by molar-refractivity contribution is -0.126. The highest BCUT2D eigenvalue weighted by molar-refractivity contribution is 5.80. The first kappa shape index (κ1) is 15.9. The number of piperidine rings is 1. The topological polar surface area (TPSA) is 32.3 Å². The SMILES string of the molecule is O=C(NC1CCN(CCc2ccccc2)CC1)C1CC2C=CC1C2. The maximum atomic E-state index is 12.5. The number of fused-ring (bicyclic) bond motifs is 2. The fraction of sp³-hybridized carbons (Fsp3) is 0.571. The Kier molecular flexibility index (Phi) is 4.70. The maximum Gasteiger partial charge on any atom is 0.223 e. The number of amides is 1. The van der Waals surface area contributed by atoms with Gasteiger partial charge in [-0.05, 0) is 49.5 Å². The Labute approximate surface area is 145 Å². The minimum absolute atomic E-state index is 0.246. The number of rotatable bonds is 5. The van der Waals surface area contributed by atoms with Crippen molar-refractivity contribution >= 4 is 5.91 Å². The van der Waals surface area contributed by atoms with Crippen LogP contribution in [0.3, 0.4) is 0 Å². The molecule has 3 atom stereocenters. The maximum absolute atomic E-state index is 12.5. The lowest BCUT2D eigenvalue weighted by Crippen LogP contribution is -2.47. The number of nitrogens with zero attached hydrogens (tertiary/aromatic N) is 1. The van der Waals surface area contributed by atoms with Crippen LogP contribution >= 0.6 is 0 Å². The number of nitrogens with one attached hydrogen (secondary N) is 1. The molecule has 3 heteroatoms. The molecule has 1 amide bonds. The van der Waals surface area contributed by atoms with Crippen molar-refractivity contribution in [2.45, 2.75) is 38.1 Å². The van der Waals surface area contributed by atoms with Crippen LogP contribution in [0.2, 0.25) is 0 Å². The average Bonchev–Trinajstić information content (AvgIpc) is 3.25. The standard InChI is InChI=1S/C21H28N2O/c24-21(20-15-17-6-7-18(20)14-17)22-19-9-12-23(13-10-19)11-8-16-4-2-1-3-5-16/h1-7,17-20H,8-15H2,(H,22,24). The zero-order valence-corrected chi connectivity index (χ0v) is 14.4. The van der Waals surface area contributed by atoms with Crippen LogP contribution in [-0.2, 0) is 11.2 Å².